The monoisotopic (exact) mass is 1780 g/mol. The summed E-state index contributed by atoms with van der Waals surface area (Å²) < 4.78 is 5.59. The second-order valence-electron chi connectivity index (χ2n) is 40.1. The maximum atomic E-state index is 2.38. The third-order valence-electron chi connectivity index (χ3n) is 29.8. The predicted molar refractivity (Wildman–Crippen MR) is 584 cm³/mol. The molecule has 0 bridgehead atoms. The summed E-state index contributed by atoms with van der Waals surface area (Å²) in [6.45, 7) is 44.8. The van der Waals surface area contributed by atoms with E-state index in [2.05, 4.69) is 515 Å². The highest BCUT2D eigenvalue weighted by atomic mass is 32.1. The molecule has 2 heterocycles. The number of hydrogen-bond donors (Lipinski definition) is 0. The summed E-state index contributed by atoms with van der Waals surface area (Å²) >= 11 is 3.77. The van der Waals surface area contributed by atoms with E-state index in [1.54, 1.807) is 0 Å². The second-order valence-corrected chi connectivity index (χ2v) is 42.3. The van der Waals surface area contributed by atoms with Crippen molar-refractivity contribution < 1.29 is 0 Å². The zero-order valence-corrected chi connectivity index (χ0v) is 83.7. The molecule has 25 rings (SSSR count). The lowest BCUT2D eigenvalue weighted by Crippen LogP contribution is -2.28. The number of fused-ring (bicyclic) bond motifs is 21. The van der Waals surface area contributed by atoms with Crippen LogP contribution in [0.4, 0.5) is 0 Å². The van der Waals surface area contributed by atoms with Crippen molar-refractivity contribution in [3.8, 4) is 55.6 Å². The van der Waals surface area contributed by atoms with Gasteiger partial charge in [-0.1, -0.05) is 415 Å². The van der Waals surface area contributed by atoms with Crippen LogP contribution >= 0.6 is 22.7 Å². The second kappa shape index (κ2) is 36.0. The molecule has 2 heteroatoms. The fraction of sp³-hybridized carbons (Fsp3) is 0.188. The number of benzene rings is 18. The van der Waals surface area contributed by atoms with Crippen molar-refractivity contribution in [3.63, 3.8) is 0 Å². The van der Waals surface area contributed by atoms with E-state index < -0.39 is 0 Å². The number of hydrogen-bond acceptors (Lipinski definition) is 2. The van der Waals surface area contributed by atoms with E-state index in [1.165, 1.54) is 252 Å². The number of aryl methyl sites for hydroxylation is 14. The first-order valence-corrected chi connectivity index (χ1v) is 49.7. The van der Waals surface area contributed by atoms with Gasteiger partial charge in [-0.05, 0) is 311 Å². The van der Waals surface area contributed by atoms with Gasteiger partial charge in [0.05, 0.1) is 10.8 Å². The molecular formula is C133H122S2. The summed E-state index contributed by atoms with van der Waals surface area (Å²) in [5.74, 6) is 0. The van der Waals surface area contributed by atoms with Gasteiger partial charge in [-0.25, -0.2) is 0 Å². The highest BCUT2D eigenvalue weighted by Gasteiger charge is 2.49. The first-order valence-electron chi connectivity index (χ1n) is 48.1. The Labute approximate surface area is 809 Å². The molecule has 0 saturated carbocycles. The molecule has 0 spiro atoms. The Morgan fingerprint density at radius 3 is 1.01 bits per heavy atom. The van der Waals surface area contributed by atoms with E-state index in [1.807, 2.05) is 22.7 Å². The van der Waals surface area contributed by atoms with E-state index in [4.69, 9.17) is 0 Å². The minimum Gasteiger partial charge on any atom is -0.135 e. The Kier molecular flexibility index (Phi) is 24.1. The standard InChI is InChI=1S/2C27H22.3C17H18.2C14H12S/c1-19-16-17-23-25(18-19)27(21-11-5-3-6-12-21,22-13-7-4-8-14-22)24-15-9-10-20(2)26(23)24;1-19-13-15-23-24-16-14-20(2)18-26(24)27(25(23)17-19,21-9-5-3-6-10-21)22-11-7-4-8-12-22;1-11-7-5-9-13-14-10-6-8-12(2)16(14)17(3,4)15(11)13;1-11-8-9-13-15(10-11)17(3,4)14-7-5-6-12(2)16(13)14;1-11-9-10-12(2)16-15(11)13-7-5-6-8-14(13)17(16,3)4;1-9-6-7-12-11(8-9)14-10(2)4-3-5-13(14)15-12;1-9-6-7-11-13(8-9)15-12-5-3-4-10(2)14(11)12/h2*3-18H,1-2H3;3*5-10H,1-4H3;2*3-8H,1-2H3. The lowest BCUT2D eigenvalue weighted by atomic mass is 9.67. The van der Waals surface area contributed by atoms with E-state index in [9.17, 15) is 0 Å². The van der Waals surface area contributed by atoms with Crippen LogP contribution in [0.2, 0.25) is 0 Å². The average Bonchev–Trinajstić information content (AvgIpc) is 1.54. The van der Waals surface area contributed by atoms with Gasteiger partial charge in [0, 0.05) is 56.6 Å². The van der Waals surface area contributed by atoms with Crippen molar-refractivity contribution in [2.45, 2.75) is 166 Å². The molecule has 666 valence electrons. The number of rotatable bonds is 4. The normalized spacial score (nSPS) is 13.9. The van der Waals surface area contributed by atoms with E-state index >= 15 is 0 Å². The molecule has 20 aromatic rings. The molecule has 5 aliphatic rings. The van der Waals surface area contributed by atoms with Crippen molar-refractivity contribution in [1.82, 2.24) is 0 Å². The summed E-state index contributed by atoms with van der Waals surface area (Å²) in [6, 6.07) is 138. The number of thiophene rings is 2. The minimum atomic E-state index is -0.273. The summed E-state index contributed by atoms with van der Waals surface area (Å²) in [6.07, 6.45) is 0. The molecule has 0 unspecified atom stereocenters. The van der Waals surface area contributed by atoms with Gasteiger partial charge in [0.2, 0.25) is 0 Å². The Morgan fingerprint density at radius 2 is 0.496 bits per heavy atom. The summed E-state index contributed by atoms with van der Waals surface area (Å²) in [4.78, 5) is 0. The first kappa shape index (κ1) is 90.6. The van der Waals surface area contributed by atoms with Crippen LogP contribution in [0, 0.1) is 96.9 Å². The van der Waals surface area contributed by atoms with Gasteiger partial charge in [-0.2, -0.15) is 0 Å². The molecule has 0 atom stereocenters. The Balaban J connectivity index is 0.000000103. The largest absolute Gasteiger partial charge is 0.135 e. The summed E-state index contributed by atoms with van der Waals surface area (Å²) in [5, 5.41) is 5.67. The third-order valence-corrected chi connectivity index (χ3v) is 32.0. The molecule has 135 heavy (non-hydrogen) atoms. The highest BCUT2D eigenvalue weighted by molar-refractivity contribution is 7.26. The SMILES string of the molecule is Cc1ccc(C)c2c1-c1ccccc1C2(C)C.Cc1ccc2c(c1)C(C)(C)c1cccc(C)c1-2.Cc1ccc2c(c1)C(c1ccccc1)(c1ccccc1)c1cc(C)ccc1-2.Cc1ccc2c(c1)C(c1ccccc1)(c1ccccc1)c1cccc(C)c1-2.Cc1ccc2c(c1)sc1cccc(C)c12.Cc1ccc2sc3cccc(C)c3c2c1.Cc1cccc2c1C(C)(C)c1c(C)cccc1-2. The van der Waals surface area contributed by atoms with Gasteiger partial charge in [0.25, 0.3) is 0 Å². The smallest absolute Gasteiger partial charge is 0.0713 e. The summed E-state index contributed by atoms with van der Waals surface area (Å²) in [5.41, 5.74) is 52.8. The summed E-state index contributed by atoms with van der Waals surface area (Å²) in [7, 11) is 0. The first-order chi connectivity index (χ1) is 65.0. The fourth-order valence-electron chi connectivity index (χ4n) is 23.8. The van der Waals surface area contributed by atoms with Gasteiger partial charge in [0.15, 0.2) is 0 Å². The zero-order chi connectivity index (χ0) is 94.3. The molecule has 18 aromatic carbocycles. The third kappa shape index (κ3) is 15.7. The van der Waals surface area contributed by atoms with E-state index in [0.29, 0.717) is 0 Å². The van der Waals surface area contributed by atoms with E-state index in [0.717, 1.165) is 0 Å². The maximum absolute atomic E-state index is 2.38. The van der Waals surface area contributed by atoms with Gasteiger partial charge < -0.3 is 0 Å². The lowest BCUT2D eigenvalue weighted by molar-refractivity contribution is 0.651. The van der Waals surface area contributed by atoms with Gasteiger partial charge in [-0.15, -0.1) is 22.7 Å². The topological polar surface area (TPSA) is 0 Å². The molecule has 2 aromatic heterocycles. The van der Waals surface area contributed by atoms with Crippen molar-refractivity contribution >= 4 is 63.0 Å². The highest BCUT2D eigenvalue weighted by Crippen LogP contribution is 2.60. The molecule has 5 aliphatic carbocycles. The molecule has 0 N–H and O–H groups in total. The Hall–Kier alpha value is -13.6. The van der Waals surface area contributed by atoms with Crippen LogP contribution in [0.1, 0.15) is 197 Å². The van der Waals surface area contributed by atoms with Crippen molar-refractivity contribution in [3.05, 3.63) is 532 Å². The molecular weight excluding hydrogens is 1660 g/mol. The van der Waals surface area contributed by atoms with Gasteiger partial charge in [0.1, 0.15) is 0 Å². The quantitative estimate of drug-likeness (QED) is 0.165. The molecule has 0 amide bonds. The van der Waals surface area contributed by atoms with Crippen LogP contribution in [0.3, 0.4) is 0 Å². The van der Waals surface area contributed by atoms with Crippen molar-refractivity contribution in [2.75, 3.05) is 0 Å². The molecule has 0 radical (unpaired) electrons. The lowest BCUT2D eigenvalue weighted by Gasteiger charge is -2.34. The average molecular weight is 1780 g/mol. The predicted octanol–water partition coefficient (Wildman–Crippen LogP) is 36.5. The fourth-order valence-corrected chi connectivity index (χ4v) is 26.2. The van der Waals surface area contributed by atoms with Crippen LogP contribution in [-0.4, -0.2) is 0 Å². The van der Waals surface area contributed by atoms with Crippen molar-refractivity contribution in [2.24, 2.45) is 0 Å². The van der Waals surface area contributed by atoms with Crippen LogP contribution in [0.15, 0.2) is 376 Å². The van der Waals surface area contributed by atoms with Crippen LogP contribution in [0.5, 0.6) is 0 Å². The van der Waals surface area contributed by atoms with Gasteiger partial charge >= 0.3 is 0 Å². The van der Waals surface area contributed by atoms with Gasteiger partial charge in [-0.3, -0.25) is 0 Å². The Bertz CT molecular complexity index is 7680. The molecule has 0 aliphatic heterocycles. The van der Waals surface area contributed by atoms with Crippen LogP contribution in [0.25, 0.3) is 96.0 Å². The molecule has 0 fully saturated rings. The van der Waals surface area contributed by atoms with E-state index in [-0.39, 0.29) is 27.1 Å². The Morgan fingerprint density at radius 1 is 0.170 bits per heavy atom. The van der Waals surface area contributed by atoms with Crippen molar-refractivity contribution in [1.29, 1.82) is 0 Å². The molecule has 0 nitrogen and oxygen atoms in total. The maximum Gasteiger partial charge on any atom is 0.0713 e. The van der Waals surface area contributed by atoms with Crippen LogP contribution in [-0.2, 0) is 27.1 Å². The zero-order valence-electron chi connectivity index (χ0n) is 82.1. The van der Waals surface area contributed by atoms with Crippen LogP contribution < -0.4 is 0 Å². The molecule has 0 saturated heterocycles. The minimum absolute atomic E-state index is 0.140.